The molecule has 1 aliphatic heterocycles. The molecule has 7 nitrogen and oxygen atoms in total. The maximum atomic E-state index is 11.1. The van der Waals surface area contributed by atoms with E-state index in [0.29, 0.717) is 10.7 Å². The lowest BCUT2D eigenvalue weighted by molar-refractivity contribution is -0.104. The van der Waals surface area contributed by atoms with Crippen LogP contribution in [0.1, 0.15) is 12.2 Å². The van der Waals surface area contributed by atoms with E-state index in [9.17, 15) is 4.79 Å². The van der Waals surface area contributed by atoms with Crippen LogP contribution in [0.2, 0.25) is 0 Å². The van der Waals surface area contributed by atoms with Gasteiger partial charge in [0.05, 0.1) is 4.91 Å². The van der Waals surface area contributed by atoms with E-state index in [1.807, 2.05) is 20.0 Å². The number of carbonyl (C=O) groups is 1. The van der Waals surface area contributed by atoms with Crippen molar-refractivity contribution in [1.82, 2.24) is 20.2 Å². The minimum atomic E-state index is 0.480. The lowest BCUT2D eigenvalue weighted by Crippen LogP contribution is -2.47. The fraction of sp³-hybridized carbons (Fsp3) is 0.529. The smallest absolute Gasteiger partial charge is 0.158 e. The summed E-state index contributed by atoms with van der Waals surface area (Å²) in [6.45, 7) is 11.4. The Balaban J connectivity index is 1.99. The highest BCUT2D eigenvalue weighted by molar-refractivity contribution is 8.03. The number of thioether (sulfide) groups is 1. The molecule has 1 saturated heterocycles. The van der Waals surface area contributed by atoms with Gasteiger partial charge in [0, 0.05) is 38.4 Å². The summed E-state index contributed by atoms with van der Waals surface area (Å²) < 4.78 is 0. The number of aryl methyl sites for hydroxylation is 1. The molecule has 0 bridgehead atoms. The lowest BCUT2D eigenvalue weighted by atomic mass is 10.3. The van der Waals surface area contributed by atoms with Gasteiger partial charge in [-0.3, -0.25) is 14.7 Å². The highest BCUT2D eigenvalue weighted by Crippen LogP contribution is 2.26. The summed E-state index contributed by atoms with van der Waals surface area (Å²) >= 11 is 1.28. The number of anilines is 1. The SMILES string of the molecule is C=N/C=C(/C=O)Sc1cc(N2CCN(CCCNC)CC2)nc(C)n1. The van der Waals surface area contributed by atoms with Crippen LogP contribution in [0.25, 0.3) is 0 Å². The van der Waals surface area contributed by atoms with Gasteiger partial charge in [0.25, 0.3) is 0 Å². The number of carbonyl (C=O) groups excluding carboxylic acids is 1. The van der Waals surface area contributed by atoms with Crippen LogP contribution < -0.4 is 10.2 Å². The third-order valence-electron chi connectivity index (χ3n) is 3.96. The standard InChI is InChI=1S/C17H26N6OS/c1-14-20-16(11-17(21-14)25-15(13-24)12-19-3)23-9-7-22(8-10-23)6-4-5-18-2/h11-13,18H,3-10H2,1-2H3/b15-12-. The number of nitrogens with zero attached hydrogens (tertiary/aromatic N) is 5. The average molecular weight is 363 g/mol. The van der Waals surface area contributed by atoms with Gasteiger partial charge in [-0.2, -0.15) is 0 Å². The van der Waals surface area contributed by atoms with Crippen molar-refractivity contribution < 1.29 is 4.79 Å². The van der Waals surface area contributed by atoms with Gasteiger partial charge in [-0.1, -0.05) is 11.8 Å². The van der Waals surface area contributed by atoms with Gasteiger partial charge in [-0.15, -0.1) is 0 Å². The third kappa shape index (κ3) is 6.22. The zero-order valence-corrected chi connectivity index (χ0v) is 15.8. The van der Waals surface area contributed by atoms with Gasteiger partial charge < -0.3 is 10.2 Å². The van der Waals surface area contributed by atoms with Crippen LogP contribution in [0, 0.1) is 6.92 Å². The van der Waals surface area contributed by atoms with Crippen molar-refractivity contribution in [2.24, 2.45) is 4.99 Å². The molecule has 0 aliphatic carbocycles. The first-order valence-corrected chi connectivity index (χ1v) is 9.24. The number of aromatic nitrogens is 2. The van der Waals surface area contributed by atoms with Crippen LogP contribution >= 0.6 is 11.8 Å². The molecule has 1 aromatic heterocycles. The van der Waals surface area contributed by atoms with E-state index in [1.54, 1.807) is 0 Å². The van der Waals surface area contributed by atoms with E-state index in [-0.39, 0.29) is 0 Å². The molecule has 8 heteroatoms. The van der Waals surface area contributed by atoms with Gasteiger partial charge >= 0.3 is 0 Å². The molecule has 1 aliphatic rings. The van der Waals surface area contributed by atoms with Crippen LogP contribution in [0.5, 0.6) is 0 Å². The third-order valence-corrected chi connectivity index (χ3v) is 4.81. The average Bonchev–Trinajstić information content (AvgIpc) is 2.61. The van der Waals surface area contributed by atoms with E-state index in [0.717, 1.165) is 56.4 Å². The molecule has 0 aromatic carbocycles. The fourth-order valence-corrected chi connectivity index (χ4v) is 3.47. The van der Waals surface area contributed by atoms with E-state index in [4.69, 9.17) is 0 Å². The second-order valence-corrected chi connectivity index (χ2v) is 6.93. The zero-order valence-electron chi connectivity index (χ0n) is 14.9. The Hall–Kier alpha value is -1.77. The number of aldehydes is 1. The molecule has 0 saturated carbocycles. The van der Waals surface area contributed by atoms with Gasteiger partial charge in [-0.05, 0) is 40.2 Å². The highest BCUT2D eigenvalue weighted by atomic mass is 32.2. The van der Waals surface area contributed by atoms with Gasteiger partial charge in [0.1, 0.15) is 16.7 Å². The molecule has 1 fully saturated rings. The Bertz CT molecular complexity index is 613. The summed E-state index contributed by atoms with van der Waals surface area (Å²) in [7, 11) is 1.99. The largest absolute Gasteiger partial charge is 0.354 e. The van der Waals surface area contributed by atoms with E-state index >= 15 is 0 Å². The van der Waals surface area contributed by atoms with Crippen molar-refractivity contribution in [1.29, 1.82) is 0 Å². The van der Waals surface area contributed by atoms with Crippen LogP contribution in [0.3, 0.4) is 0 Å². The number of hydrogen-bond acceptors (Lipinski definition) is 8. The number of piperazine rings is 1. The zero-order chi connectivity index (χ0) is 18.1. The summed E-state index contributed by atoms with van der Waals surface area (Å²) in [5, 5.41) is 3.94. The van der Waals surface area contributed by atoms with Gasteiger partial charge in [0.15, 0.2) is 6.29 Å². The quantitative estimate of drug-likeness (QED) is 0.177. The predicted octanol–water partition coefficient (Wildman–Crippen LogP) is 1.35. The summed E-state index contributed by atoms with van der Waals surface area (Å²) in [5.41, 5.74) is 0. The predicted molar refractivity (Wildman–Crippen MR) is 104 cm³/mol. The Morgan fingerprint density at radius 3 is 2.80 bits per heavy atom. The van der Waals surface area contributed by atoms with E-state index in [1.165, 1.54) is 24.4 Å². The first-order chi connectivity index (χ1) is 12.2. The minimum Gasteiger partial charge on any atom is -0.354 e. The number of hydrogen-bond donors (Lipinski definition) is 1. The normalized spacial score (nSPS) is 16.1. The van der Waals surface area contributed by atoms with Gasteiger partial charge in [-0.25, -0.2) is 9.97 Å². The minimum absolute atomic E-state index is 0.480. The molecule has 0 radical (unpaired) electrons. The van der Waals surface area contributed by atoms with Crippen LogP contribution in [-0.4, -0.2) is 74.2 Å². The molecule has 1 aromatic rings. The summed E-state index contributed by atoms with van der Waals surface area (Å²) in [5.74, 6) is 1.62. The fourth-order valence-electron chi connectivity index (χ4n) is 2.71. The number of rotatable bonds is 9. The molecule has 0 atom stereocenters. The molecule has 136 valence electrons. The van der Waals surface area contributed by atoms with E-state index < -0.39 is 0 Å². The Labute approximate surface area is 153 Å². The highest BCUT2D eigenvalue weighted by Gasteiger charge is 2.19. The van der Waals surface area contributed by atoms with Crippen molar-refractivity contribution in [3.8, 4) is 0 Å². The first kappa shape index (κ1) is 19.6. The second kappa shape index (κ2) is 10.3. The molecule has 25 heavy (non-hydrogen) atoms. The van der Waals surface area contributed by atoms with Crippen LogP contribution in [0.4, 0.5) is 5.82 Å². The summed E-state index contributed by atoms with van der Waals surface area (Å²) in [6, 6.07) is 1.94. The van der Waals surface area contributed by atoms with Crippen molar-refractivity contribution in [2.75, 3.05) is 51.2 Å². The molecule has 0 amide bonds. The molecule has 0 spiro atoms. The van der Waals surface area contributed by atoms with Gasteiger partial charge in [0.2, 0.25) is 0 Å². The van der Waals surface area contributed by atoms with Crippen molar-refractivity contribution >= 4 is 30.6 Å². The topological polar surface area (TPSA) is 73.7 Å². The monoisotopic (exact) mass is 362 g/mol. The summed E-state index contributed by atoms with van der Waals surface area (Å²) in [6.07, 6.45) is 3.38. The van der Waals surface area contributed by atoms with Crippen molar-refractivity contribution in [3.63, 3.8) is 0 Å². The molecular weight excluding hydrogens is 336 g/mol. The number of nitrogens with one attached hydrogen (secondary N) is 1. The Kier molecular flexibility index (Phi) is 8.03. The molecule has 2 rings (SSSR count). The number of allylic oxidation sites excluding steroid dienone is 1. The lowest BCUT2D eigenvalue weighted by Gasteiger charge is -2.35. The number of aliphatic imine (C=N–C) groups is 1. The molecular formula is C17H26N6OS. The van der Waals surface area contributed by atoms with Crippen LogP contribution in [-0.2, 0) is 4.79 Å². The molecule has 2 heterocycles. The second-order valence-electron chi connectivity index (χ2n) is 5.83. The Morgan fingerprint density at radius 1 is 1.40 bits per heavy atom. The summed E-state index contributed by atoms with van der Waals surface area (Å²) in [4.78, 5) is 28.9. The maximum absolute atomic E-state index is 11.1. The van der Waals surface area contributed by atoms with Crippen LogP contribution in [0.15, 0.2) is 27.2 Å². The Morgan fingerprint density at radius 2 is 2.16 bits per heavy atom. The first-order valence-electron chi connectivity index (χ1n) is 8.43. The molecule has 1 N–H and O–H groups in total. The van der Waals surface area contributed by atoms with Crippen molar-refractivity contribution in [2.45, 2.75) is 18.4 Å². The molecule has 0 unspecified atom stereocenters. The maximum Gasteiger partial charge on any atom is 0.158 e. The van der Waals surface area contributed by atoms with E-state index in [2.05, 4.69) is 36.8 Å². The van der Waals surface area contributed by atoms with Crippen molar-refractivity contribution in [3.05, 3.63) is 23.0 Å².